The second-order valence-corrected chi connectivity index (χ2v) is 5.69. The molecule has 2 fully saturated rings. The maximum atomic E-state index is 14.3. The average Bonchev–Trinajstić information content (AvgIpc) is 3.03. The van der Waals surface area contributed by atoms with Gasteiger partial charge in [-0.2, -0.15) is 5.26 Å². The number of nitriles is 1. The van der Waals surface area contributed by atoms with Gasteiger partial charge in [0.05, 0.1) is 24.8 Å². The molecule has 0 saturated carbocycles. The van der Waals surface area contributed by atoms with Gasteiger partial charge in [0.1, 0.15) is 11.7 Å². The Morgan fingerprint density at radius 1 is 1.22 bits per heavy atom. The zero-order valence-electron chi connectivity index (χ0n) is 12.6. The van der Waals surface area contributed by atoms with Gasteiger partial charge in [0.2, 0.25) is 5.91 Å². The monoisotopic (exact) mass is 321 g/mol. The fraction of sp³-hybridized carbons (Fsp3) is 0.500. The molecule has 23 heavy (non-hydrogen) atoms. The molecule has 5 nitrogen and oxygen atoms in total. The van der Waals surface area contributed by atoms with Crippen molar-refractivity contribution in [3.05, 3.63) is 29.3 Å². The highest BCUT2D eigenvalue weighted by Gasteiger charge is 2.36. The van der Waals surface area contributed by atoms with Gasteiger partial charge in [-0.3, -0.25) is 4.79 Å². The molecule has 2 aliphatic rings. The molecule has 122 valence electrons. The second-order valence-electron chi connectivity index (χ2n) is 5.69. The number of rotatable bonds is 2. The van der Waals surface area contributed by atoms with Crippen molar-refractivity contribution in [2.24, 2.45) is 0 Å². The van der Waals surface area contributed by atoms with Crippen LogP contribution in [0.1, 0.15) is 18.4 Å². The molecule has 0 aliphatic carbocycles. The first-order chi connectivity index (χ1) is 11.1. The topological polar surface area (TPSA) is 56.6 Å². The molecule has 7 heteroatoms. The Morgan fingerprint density at radius 3 is 2.48 bits per heavy atom. The lowest BCUT2D eigenvalue weighted by molar-refractivity contribution is -0.136. The van der Waals surface area contributed by atoms with Crippen LogP contribution in [0.3, 0.4) is 0 Å². The molecule has 2 heterocycles. The Kier molecular flexibility index (Phi) is 4.44. The van der Waals surface area contributed by atoms with E-state index in [9.17, 15) is 13.6 Å². The van der Waals surface area contributed by atoms with Crippen molar-refractivity contribution in [1.82, 2.24) is 4.90 Å². The average molecular weight is 321 g/mol. The van der Waals surface area contributed by atoms with Gasteiger partial charge >= 0.3 is 0 Å². The van der Waals surface area contributed by atoms with Crippen molar-refractivity contribution in [1.29, 1.82) is 5.26 Å². The Morgan fingerprint density at radius 2 is 1.87 bits per heavy atom. The van der Waals surface area contributed by atoms with Crippen LogP contribution in [0.4, 0.5) is 14.5 Å². The SMILES string of the molecule is N#Cc1cc(F)c(N2CCC[C@@H]2C(=O)N2CCOCC2)c(F)c1. The molecule has 1 aromatic rings. The van der Waals surface area contributed by atoms with E-state index < -0.39 is 17.7 Å². The molecule has 2 aliphatic heterocycles. The highest BCUT2D eigenvalue weighted by atomic mass is 19.1. The number of ether oxygens (including phenoxy) is 1. The highest BCUT2D eigenvalue weighted by Crippen LogP contribution is 2.32. The zero-order valence-corrected chi connectivity index (χ0v) is 12.6. The van der Waals surface area contributed by atoms with E-state index in [0.29, 0.717) is 45.7 Å². The molecule has 0 unspecified atom stereocenters. The van der Waals surface area contributed by atoms with Crippen molar-refractivity contribution < 1.29 is 18.3 Å². The predicted octanol–water partition coefficient (Wildman–Crippen LogP) is 1.66. The van der Waals surface area contributed by atoms with Gasteiger partial charge in [-0.25, -0.2) is 8.78 Å². The van der Waals surface area contributed by atoms with Crippen molar-refractivity contribution >= 4 is 11.6 Å². The van der Waals surface area contributed by atoms with E-state index in [1.165, 1.54) is 4.90 Å². The zero-order chi connectivity index (χ0) is 16.4. The summed E-state index contributed by atoms with van der Waals surface area (Å²) in [6, 6.07) is 3.17. The lowest BCUT2D eigenvalue weighted by atomic mass is 10.1. The number of hydrogen-bond acceptors (Lipinski definition) is 4. The van der Waals surface area contributed by atoms with Crippen molar-refractivity contribution in [3.63, 3.8) is 0 Å². The van der Waals surface area contributed by atoms with Gasteiger partial charge in [0, 0.05) is 19.6 Å². The summed E-state index contributed by atoms with van der Waals surface area (Å²) >= 11 is 0. The summed E-state index contributed by atoms with van der Waals surface area (Å²) in [5.74, 6) is -1.72. The van der Waals surface area contributed by atoms with E-state index in [-0.39, 0.29) is 17.2 Å². The van der Waals surface area contributed by atoms with Crippen LogP contribution < -0.4 is 4.90 Å². The van der Waals surface area contributed by atoms with Crippen LogP contribution in [0.5, 0.6) is 0 Å². The summed E-state index contributed by atoms with van der Waals surface area (Å²) in [5, 5.41) is 8.78. The summed E-state index contributed by atoms with van der Waals surface area (Å²) in [4.78, 5) is 15.8. The minimum absolute atomic E-state index is 0.0704. The predicted molar refractivity (Wildman–Crippen MR) is 78.8 cm³/mol. The van der Waals surface area contributed by atoms with E-state index >= 15 is 0 Å². The fourth-order valence-corrected chi connectivity index (χ4v) is 3.19. The number of nitrogens with zero attached hydrogens (tertiary/aromatic N) is 3. The third-order valence-corrected chi connectivity index (χ3v) is 4.29. The minimum atomic E-state index is -0.803. The molecule has 2 saturated heterocycles. The first-order valence-corrected chi connectivity index (χ1v) is 7.64. The maximum absolute atomic E-state index is 14.3. The number of anilines is 1. The summed E-state index contributed by atoms with van der Waals surface area (Å²) in [6.07, 6.45) is 1.26. The smallest absolute Gasteiger partial charge is 0.245 e. The van der Waals surface area contributed by atoms with Gasteiger partial charge in [-0.15, -0.1) is 0 Å². The Hall–Kier alpha value is -2.20. The largest absolute Gasteiger partial charge is 0.378 e. The van der Waals surface area contributed by atoms with Crippen molar-refractivity contribution in [2.75, 3.05) is 37.7 Å². The molecule has 1 aromatic carbocycles. The van der Waals surface area contributed by atoms with E-state index in [4.69, 9.17) is 10.00 Å². The van der Waals surface area contributed by atoms with Gasteiger partial charge < -0.3 is 14.5 Å². The number of amides is 1. The quantitative estimate of drug-likeness (QED) is 0.831. The Labute approximate surface area is 133 Å². The number of carbonyl (C=O) groups excluding carboxylic acids is 1. The van der Waals surface area contributed by atoms with Crippen LogP contribution in [0.2, 0.25) is 0 Å². The third kappa shape index (κ3) is 2.99. The van der Waals surface area contributed by atoms with Gasteiger partial charge in [0.25, 0.3) is 0 Å². The Balaban J connectivity index is 1.87. The number of halogens is 2. The van der Waals surface area contributed by atoms with Crippen LogP contribution in [-0.2, 0) is 9.53 Å². The molecule has 0 N–H and O–H groups in total. The van der Waals surface area contributed by atoms with Crippen LogP contribution in [0.25, 0.3) is 0 Å². The van der Waals surface area contributed by atoms with E-state index in [0.717, 1.165) is 12.1 Å². The van der Waals surface area contributed by atoms with Gasteiger partial charge in [-0.05, 0) is 25.0 Å². The van der Waals surface area contributed by atoms with E-state index in [1.54, 1.807) is 11.0 Å². The normalized spacial score (nSPS) is 21.3. The molecule has 0 spiro atoms. The lowest BCUT2D eigenvalue weighted by Crippen LogP contribution is -2.50. The lowest BCUT2D eigenvalue weighted by Gasteiger charge is -2.33. The molecular weight excluding hydrogens is 304 g/mol. The van der Waals surface area contributed by atoms with Crippen LogP contribution in [0.15, 0.2) is 12.1 Å². The molecule has 0 bridgehead atoms. The van der Waals surface area contributed by atoms with E-state index in [2.05, 4.69) is 0 Å². The Bertz CT molecular complexity index is 630. The standard InChI is InChI=1S/C16H17F2N3O2/c17-12-8-11(10-19)9-13(18)15(12)21-3-1-2-14(21)16(22)20-4-6-23-7-5-20/h8-9,14H,1-7H2/t14-/m1/s1. The van der Waals surface area contributed by atoms with Crippen LogP contribution in [0, 0.1) is 23.0 Å². The van der Waals surface area contributed by atoms with Crippen LogP contribution in [-0.4, -0.2) is 49.7 Å². The van der Waals surface area contributed by atoms with Gasteiger partial charge in [-0.1, -0.05) is 0 Å². The highest BCUT2D eigenvalue weighted by molar-refractivity contribution is 5.86. The molecule has 1 atom stereocenters. The fourth-order valence-electron chi connectivity index (χ4n) is 3.19. The molecule has 0 aromatic heterocycles. The first-order valence-electron chi connectivity index (χ1n) is 7.64. The summed E-state index contributed by atoms with van der Waals surface area (Å²) in [6.45, 7) is 2.39. The number of morpholine rings is 1. The second kappa shape index (κ2) is 6.50. The number of benzene rings is 1. The van der Waals surface area contributed by atoms with Crippen molar-refractivity contribution in [3.8, 4) is 6.07 Å². The first kappa shape index (κ1) is 15.7. The maximum Gasteiger partial charge on any atom is 0.245 e. The van der Waals surface area contributed by atoms with Crippen molar-refractivity contribution in [2.45, 2.75) is 18.9 Å². The number of carbonyl (C=O) groups is 1. The van der Waals surface area contributed by atoms with Crippen LogP contribution >= 0.6 is 0 Å². The summed E-state index contributed by atoms with van der Waals surface area (Å²) in [5.41, 5.74) is -0.285. The molecule has 1 amide bonds. The van der Waals surface area contributed by atoms with E-state index in [1.807, 2.05) is 0 Å². The third-order valence-electron chi connectivity index (χ3n) is 4.29. The molecule has 0 radical (unpaired) electrons. The molecular formula is C16H17F2N3O2. The summed E-state index contributed by atoms with van der Waals surface area (Å²) in [7, 11) is 0. The number of hydrogen-bond donors (Lipinski definition) is 0. The summed E-state index contributed by atoms with van der Waals surface area (Å²) < 4.78 is 33.7. The van der Waals surface area contributed by atoms with Gasteiger partial charge in [0.15, 0.2) is 11.6 Å². The molecule has 3 rings (SSSR count). The minimum Gasteiger partial charge on any atom is -0.378 e.